The summed E-state index contributed by atoms with van der Waals surface area (Å²) in [5.41, 5.74) is -0.0648. The van der Waals surface area contributed by atoms with Gasteiger partial charge in [-0.1, -0.05) is 12.1 Å². The number of rotatable bonds is 6. The van der Waals surface area contributed by atoms with E-state index in [1.165, 1.54) is 24.3 Å². The number of benzene rings is 1. The van der Waals surface area contributed by atoms with Crippen LogP contribution in [0.4, 0.5) is 4.39 Å². The molecule has 0 bridgehead atoms. The van der Waals surface area contributed by atoms with Gasteiger partial charge in [-0.15, -0.1) is 0 Å². The molecule has 0 aliphatic heterocycles. The highest BCUT2D eigenvalue weighted by atomic mass is 19.1. The third-order valence-corrected chi connectivity index (χ3v) is 2.44. The number of esters is 1. The molecule has 1 atom stereocenters. The second-order valence-electron chi connectivity index (χ2n) is 5.45. The largest absolute Gasteiger partial charge is 0.463 e. The summed E-state index contributed by atoms with van der Waals surface area (Å²) in [6, 6.07) is 5.42. The summed E-state index contributed by atoms with van der Waals surface area (Å²) >= 11 is 0. The zero-order valence-corrected chi connectivity index (χ0v) is 12.5. The summed E-state index contributed by atoms with van der Waals surface area (Å²) in [5.74, 6) is -2.11. The van der Waals surface area contributed by atoms with Crippen LogP contribution >= 0.6 is 0 Å². The molecule has 5 nitrogen and oxygen atoms in total. The van der Waals surface area contributed by atoms with E-state index in [9.17, 15) is 14.0 Å². The van der Waals surface area contributed by atoms with Crippen LogP contribution in [0.3, 0.4) is 0 Å². The van der Waals surface area contributed by atoms with Gasteiger partial charge in [-0.3, -0.25) is 4.79 Å². The Morgan fingerprint density at radius 1 is 1.19 bits per heavy atom. The summed E-state index contributed by atoms with van der Waals surface area (Å²) < 4.78 is 17.3. The highest BCUT2D eigenvalue weighted by Crippen LogP contribution is 2.25. The molecular weight excluding hydrogens is 279 g/mol. The molecule has 0 amide bonds. The van der Waals surface area contributed by atoms with Crippen molar-refractivity contribution in [2.45, 2.75) is 38.9 Å². The molecular formula is C15H19FO5. The predicted octanol–water partition coefficient (Wildman–Crippen LogP) is 2.75. The fourth-order valence-corrected chi connectivity index (χ4v) is 1.45. The summed E-state index contributed by atoms with van der Waals surface area (Å²) in [5, 5.41) is 0. The van der Waals surface area contributed by atoms with Crippen molar-refractivity contribution in [2.75, 3.05) is 7.11 Å². The zero-order valence-electron chi connectivity index (χ0n) is 12.5. The van der Waals surface area contributed by atoms with Crippen LogP contribution < -0.4 is 0 Å². The molecule has 0 saturated heterocycles. The van der Waals surface area contributed by atoms with Gasteiger partial charge in [-0.25, -0.2) is 19.0 Å². The Morgan fingerprint density at radius 3 is 2.24 bits per heavy atom. The standard InChI is InChI=1S/C15H19FO5/c1-15(2,3)21-20-13(9-12(17)14(18)19-4)10-5-7-11(16)8-6-10/h5-8,13H,9H2,1-4H3/t13-/m0/s1. The number of hydrogen-bond acceptors (Lipinski definition) is 5. The van der Waals surface area contributed by atoms with Crippen molar-refractivity contribution >= 4 is 11.8 Å². The number of ketones is 1. The summed E-state index contributed by atoms with van der Waals surface area (Å²) in [4.78, 5) is 33.3. The smallest absolute Gasteiger partial charge is 0.374 e. The molecule has 0 spiro atoms. The minimum Gasteiger partial charge on any atom is -0.463 e. The second-order valence-corrected chi connectivity index (χ2v) is 5.45. The molecule has 6 heteroatoms. The first-order valence-electron chi connectivity index (χ1n) is 6.44. The first-order chi connectivity index (χ1) is 9.73. The van der Waals surface area contributed by atoms with E-state index < -0.39 is 29.3 Å². The minimum atomic E-state index is -0.957. The number of carbonyl (C=O) groups excluding carboxylic acids is 2. The summed E-state index contributed by atoms with van der Waals surface area (Å²) in [6.45, 7) is 5.32. The molecule has 0 aromatic heterocycles. The monoisotopic (exact) mass is 298 g/mol. The lowest BCUT2D eigenvalue weighted by Crippen LogP contribution is -2.24. The molecule has 0 aliphatic carbocycles. The van der Waals surface area contributed by atoms with Gasteiger partial charge < -0.3 is 4.74 Å². The zero-order chi connectivity index (χ0) is 16.0. The van der Waals surface area contributed by atoms with Crippen molar-refractivity contribution < 1.29 is 28.5 Å². The van der Waals surface area contributed by atoms with E-state index in [0.29, 0.717) is 5.56 Å². The molecule has 1 rings (SSSR count). The topological polar surface area (TPSA) is 61.8 Å². The van der Waals surface area contributed by atoms with Gasteiger partial charge in [0, 0.05) is 0 Å². The predicted molar refractivity (Wildman–Crippen MR) is 72.7 cm³/mol. The third-order valence-electron chi connectivity index (χ3n) is 2.44. The normalized spacial score (nSPS) is 12.8. The maximum Gasteiger partial charge on any atom is 0.374 e. The van der Waals surface area contributed by atoms with Gasteiger partial charge in [-0.2, -0.15) is 0 Å². The molecule has 0 radical (unpaired) electrons. The minimum absolute atomic E-state index is 0.256. The lowest BCUT2D eigenvalue weighted by atomic mass is 10.0. The van der Waals surface area contributed by atoms with Crippen LogP contribution in [0.5, 0.6) is 0 Å². The first-order valence-corrected chi connectivity index (χ1v) is 6.44. The molecule has 0 aliphatic rings. The van der Waals surface area contributed by atoms with Crippen LogP contribution in [-0.2, 0) is 24.1 Å². The van der Waals surface area contributed by atoms with Crippen molar-refractivity contribution in [1.82, 2.24) is 0 Å². The van der Waals surface area contributed by atoms with Crippen molar-refractivity contribution in [3.8, 4) is 0 Å². The lowest BCUT2D eigenvalue weighted by Gasteiger charge is -2.23. The Bertz CT molecular complexity index is 490. The average molecular weight is 298 g/mol. The van der Waals surface area contributed by atoms with E-state index in [2.05, 4.69) is 4.74 Å². The van der Waals surface area contributed by atoms with Gasteiger partial charge in [-0.05, 0) is 38.5 Å². The quantitative estimate of drug-likeness (QED) is 0.350. The molecule has 0 unspecified atom stereocenters. The summed E-state index contributed by atoms with van der Waals surface area (Å²) in [7, 11) is 1.12. The van der Waals surface area contributed by atoms with Gasteiger partial charge >= 0.3 is 5.97 Å². The Kier molecular flexibility index (Phi) is 5.99. The Balaban J connectivity index is 2.86. The van der Waals surface area contributed by atoms with E-state index in [1.807, 2.05) is 0 Å². The molecule has 0 N–H and O–H groups in total. The van der Waals surface area contributed by atoms with Crippen LogP contribution in [0.2, 0.25) is 0 Å². The number of hydrogen-bond donors (Lipinski definition) is 0. The maximum absolute atomic E-state index is 13.0. The van der Waals surface area contributed by atoms with E-state index in [0.717, 1.165) is 7.11 Å². The maximum atomic E-state index is 13.0. The van der Waals surface area contributed by atoms with Gasteiger partial charge in [0.15, 0.2) is 0 Å². The van der Waals surface area contributed by atoms with E-state index in [4.69, 9.17) is 9.78 Å². The molecule has 0 saturated carbocycles. The molecule has 1 aromatic carbocycles. The molecule has 0 heterocycles. The molecule has 21 heavy (non-hydrogen) atoms. The average Bonchev–Trinajstić information content (AvgIpc) is 2.42. The van der Waals surface area contributed by atoms with Crippen molar-refractivity contribution in [3.63, 3.8) is 0 Å². The molecule has 1 aromatic rings. The summed E-state index contributed by atoms with van der Waals surface area (Å²) in [6.07, 6.45) is -1.08. The van der Waals surface area contributed by atoms with Crippen LogP contribution in [0.15, 0.2) is 24.3 Å². The second kappa shape index (κ2) is 7.28. The van der Waals surface area contributed by atoms with Crippen LogP contribution in [-0.4, -0.2) is 24.5 Å². The number of carbonyl (C=O) groups is 2. The van der Waals surface area contributed by atoms with Gasteiger partial charge in [0.25, 0.3) is 0 Å². The Labute approximate surface area is 122 Å². The SMILES string of the molecule is COC(=O)C(=O)C[C@H](OOC(C)(C)C)c1ccc(F)cc1. The molecule has 0 fully saturated rings. The van der Waals surface area contributed by atoms with Gasteiger partial charge in [0.2, 0.25) is 5.78 Å². The van der Waals surface area contributed by atoms with E-state index in [-0.39, 0.29) is 6.42 Å². The van der Waals surface area contributed by atoms with Gasteiger partial charge in [0.05, 0.1) is 19.1 Å². The highest BCUT2D eigenvalue weighted by molar-refractivity contribution is 6.33. The Hall–Kier alpha value is -1.79. The third kappa shape index (κ3) is 6.01. The lowest BCUT2D eigenvalue weighted by molar-refractivity contribution is -0.375. The van der Waals surface area contributed by atoms with E-state index >= 15 is 0 Å². The molecule has 116 valence electrons. The van der Waals surface area contributed by atoms with Crippen molar-refractivity contribution in [2.24, 2.45) is 0 Å². The number of Topliss-reactive ketones (excluding diaryl/α,β-unsaturated/α-hetero) is 1. The van der Waals surface area contributed by atoms with Crippen LogP contribution in [0.25, 0.3) is 0 Å². The number of methoxy groups -OCH3 is 1. The fourth-order valence-electron chi connectivity index (χ4n) is 1.45. The van der Waals surface area contributed by atoms with E-state index in [1.54, 1.807) is 20.8 Å². The Morgan fingerprint density at radius 2 is 1.76 bits per heavy atom. The van der Waals surface area contributed by atoms with Crippen LogP contribution in [0.1, 0.15) is 38.9 Å². The van der Waals surface area contributed by atoms with Crippen molar-refractivity contribution in [3.05, 3.63) is 35.6 Å². The number of ether oxygens (including phenoxy) is 1. The highest BCUT2D eigenvalue weighted by Gasteiger charge is 2.25. The fraction of sp³-hybridized carbons (Fsp3) is 0.467. The number of halogens is 1. The van der Waals surface area contributed by atoms with Gasteiger partial charge in [0.1, 0.15) is 11.9 Å². The van der Waals surface area contributed by atoms with Crippen molar-refractivity contribution in [1.29, 1.82) is 0 Å². The van der Waals surface area contributed by atoms with Crippen LogP contribution in [0, 0.1) is 5.82 Å². The first kappa shape index (κ1) is 17.3.